The van der Waals surface area contributed by atoms with Crippen molar-refractivity contribution in [2.24, 2.45) is 10.9 Å². The quantitative estimate of drug-likeness (QED) is 0.474. The van der Waals surface area contributed by atoms with E-state index in [4.69, 9.17) is 0 Å². The van der Waals surface area contributed by atoms with E-state index < -0.39 is 0 Å². The molecule has 3 heterocycles. The maximum Gasteiger partial charge on any atom is 0.233 e. The first kappa shape index (κ1) is 20.6. The van der Waals surface area contributed by atoms with Crippen molar-refractivity contribution in [2.45, 2.75) is 49.3 Å². The molecule has 170 valence electrons. The average molecular weight is 463 g/mol. The van der Waals surface area contributed by atoms with Crippen LogP contribution in [-0.2, 0) is 4.79 Å². The van der Waals surface area contributed by atoms with Crippen molar-refractivity contribution in [3.05, 3.63) is 60.4 Å². The van der Waals surface area contributed by atoms with Gasteiger partial charge >= 0.3 is 0 Å². The third kappa shape index (κ3) is 4.56. The lowest BCUT2D eigenvalue weighted by Crippen LogP contribution is -3.10. The van der Waals surface area contributed by atoms with E-state index in [1.165, 1.54) is 31.4 Å². The predicted octanol–water partition coefficient (Wildman–Crippen LogP) is 3.42. The monoisotopic (exact) mass is 462 g/mol. The van der Waals surface area contributed by atoms with Crippen LogP contribution in [0.1, 0.15) is 50.1 Å². The van der Waals surface area contributed by atoms with Gasteiger partial charge in [-0.3, -0.25) is 19.5 Å². The Balaban J connectivity index is 1.14. The largest absolute Gasteiger partial charge is 0.326 e. The maximum absolute atomic E-state index is 12.0. The van der Waals surface area contributed by atoms with Crippen LogP contribution < -0.4 is 15.5 Å². The molecule has 2 aliphatic carbocycles. The number of carbonyl (C=O) groups excluding carboxylic acids is 1. The smallest absolute Gasteiger partial charge is 0.233 e. The van der Waals surface area contributed by atoms with Gasteiger partial charge in [0.25, 0.3) is 0 Å². The number of hydrogen-bond acceptors (Lipinski definition) is 6. The number of rotatable bonds is 7. The fraction of sp³-hybridized carbons (Fsp3) is 0.375. The zero-order valence-corrected chi connectivity index (χ0v) is 19.2. The molecular formula is C24H28N7OS+. The summed E-state index contributed by atoms with van der Waals surface area (Å²) in [6.07, 6.45) is 13.2. The Morgan fingerprint density at radius 1 is 1.15 bits per heavy atom. The van der Waals surface area contributed by atoms with Gasteiger partial charge in [-0.2, -0.15) is 5.10 Å². The number of amidine groups is 1. The molecule has 1 aromatic carbocycles. The van der Waals surface area contributed by atoms with Crippen LogP contribution in [0, 0.1) is 5.92 Å². The van der Waals surface area contributed by atoms with Crippen LogP contribution in [0.2, 0.25) is 0 Å². The molecule has 0 saturated heterocycles. The molecule has 1 aromatic heterocycles. The van der Waals surface area contributed by atoms with Gasteiger partial charge in [0, 0.05) is 34.2 Å². The fourth-order valence-electron chi connectivity index (χ4n) is 4.61. The van der Waals surface area contributed by atoms with Crippen molar-refractivity contribution >= 4 is 35.2 Å². The zero-order valence-electron chi connectivity index (χ0n) is 18.4. The van der Waals surface area contributed by atoms with Gasteiger partial charge in [-0.15, -0.1) is 0 Å². The first-order valence-electron chi connectivity index (χ1n) is 11.7. The molecule has 2 aliphatic heterocycles. The van der Waals surface area contributed by atoms with E-state index >= 15 is 0 Å². The highest BCUT2D eigenvalue weighted by Gasteiger charge is 2.32. The number of nitrogens with zero attached hydrogens (tertiary/aromatic N) is 3. The van der Waals surface area contributed by atoms with Crippen molar-refractivity contribution in [2.75, 3.05) is 17.2 Å². The SMILES string of the molecule is O=C(Nc1ccc(SN2C=C(Nc3cc(C4CCCC4)[nH]n3)[NH+]3C=CN=C3C2)cc1)C1CC1. The molecule has 1 atom stereocenters. The summed E-state index contributed by atoms with van der Waals surface area (Å²) >= 11 is 1.65. The lowest BCUT2D eigenvalue weighted by Gasteiger charge is -2.27. The summed E-state index contributed by atoms with van der Waals surface area (Å²) in [5, 5.41) is 14.2. The highest BCUT2D eigenvalue weighted by molar-refractivity contribution is 7.97. The van der Waals surface area contributed by atoms with Gasteiger partial charge < -0.3 is 5.32 Å². The van der Waals surface area contributed by atoms with Crippen molar-refractivity contribution < 1.29 is 9.69 Å². The summed E-state index contributed by atoms with van der Waals surface area (Å²) in [5.74, 6) is 3.84. The Kier molecular flexibility index (Phi) is 5.43. The van der Waals surface area contributed by atoms with Crippen LogP contribution in [0.25, 0.3) is 0 Å². The third-order valence-corrected chi connectivity index (χ3v) is 7.55. The van der Waals surface area contributed by atoms with Gasteiger partial charge in [0.05, 0.1) is 12.4 Å². The van der Waals surface area contributed by atoms with Gasteiger partial charge in [-0.1, -0.05) is 12.8 Å². The molecule has 6 rings (SSSR count). The number of benzene rings is 1. The van der Waals surface area contributed by atoms with Gasteiger partial charge in [-0.05, 0) is 61.9 Å². The molecule has 1 amide bonds. The Bertz CT molecular complexity index is 1130. The predicted molar refractivity (Wildman–Crippen MR) is 129 cm³/mol. The van der Waals surface area contributed by atoms with E-state index in [0.717, 1.165) is 52.3 Å². The molecule has 33 heavy (non-hydrogen) atoms. The van der Waals surface area contributed by atoms with E-state index in [9.17, 15) is 4.79 Å². The van der Waals surface area contributed by atoms with Crippen LogP contribution in [0.15, 0.2) is 64.6 Å². The number of H-pyrrole nitrogens is 1. The topological polar surface area (TPSA) is 89.9 Å². The van der Waals surface area contributed by atoms with Gasteiger partial charge in [0.1, 0.15) is 12.7 Å². The minimum Gasteiger partial charge on any atom is -0.326 e. The third-order valence-electron chi connectivity index (χ3n) is 6.60. The second-order valence-electron chi connectivity index (χ2n) is 9.12. The van der Waals surface area contributed by atoms with E-state index in [2.05, 4.69) is 48.6 Å². The van der Waals surface area contributed by atoms with Crippen LogP contribution >= 0.6 is 11.9 Å². The molecule has 0 radical (unpaired) electrons. The number of aromatic nitrogens is 2. The summed E-state index contributed by atoms with van der Waals surface area (Å²) in [7, 11) is 0. The summed E-state index contributed by atoms with van der Waals surface area (Å²) in [5.41, 5.74) is 2.08. The zero-order chi connectivity index (χ0) is 22.2. The minimum absolute atomic E-state index is 0.134. The number of nitrogens with one attached hydrogen (secondary N) is 4. The Morgan fingerprint density at radius 3 is 2.76 bits per heavy atom. The Morgan fingerprint density at radius 2 is 1.97 bits per heavy atom. The lowest BCUT2D eigenvalue weighted by molar-refractivity contribution is -0.699. The average Bonchev–Trinajstić information content (AvgIpc) is 3.19. The lowest BCUT2D eigenvalue weighted by atomic mass is 10.0. The van der Waals surface area contributed by atoms with Crippen LogP contribution in [0.3, 0.4) is 0 Å². The molecule has 4 N–H and O–H groups in total. The van der Waals surface area contributed by atoms with E-state index in [1.54, 1.807) is 11.9 Å². The van der Waals surface area contributed by atoms with Gasteiger partial charge in [0.15, 0.2) is 5.82 Å². The van der Waals surface area contributed by atoms with Gasteiger partial charge in [0.2, 0.25) is 17.6 Å². The van der Waals surface area contributed by atoms with Crippen molar-refractivity contribution in [1.29, 1.82) is 0 Å². The summed E-state index contributed by atoms with van der Waals surface area (Å²) in [4.78, 5) is 18.8. The molecule has 8 nitrogen and oxygen atoms in total. The van der Waals surface area contributed by atoms with E-state index in [-0.39, 0.29) is 11.8 Å². The Labute approximate surface area is 197 Å². The second kappa shape index (κ2) is 8.72. The molecule has 0 spiro atoms. The number of carbonyl (C=O) groups is 1. The second-order valence-corrected chi connectivity index (χ2v) is 10.2. The van der Waals surface area contributed by atoms with Crippen molar-refractivity contribution in [1.82, 2.24) is 14.5 Å². The number of quaternary nitrogens is 1. The van der Waals surface area contributed by atoms with Crippen LogP contribution in [-0.4, -0.2) is 32.8 Å². The van der Waals surface area contributed by atoms with E-state index in [1.807, 2.05) is 30.5 Å². The summed E-state index contributed by atoms with van der Waals surface area (Å²) in [6, 6.07) is 10.2. The number of anilines is 2. The van der Waals surface area contributed by atoms with Crippen molar-refractivity contribution in [3.63, 3.8) is 0 Å². The molecule has 2 saturated carbocycles. The summed E-state index contributed by atoms with van der Waals surface area (Å²) < 4.78 is 2.18. The highest BCUT2D eigenvalue weighted by Crippen LogP contribution is 2.34. The molecule has 1 unspecified atom stereocenters. The number of aromatic amines is 1. The molecule has 0 bridgehead atoms. The first-order valence-corrected chi connectivity index (χ1v) is 12.5. The van der Waals surface area contributed by atoms with E-state index in [0.29, 0.717) is 5.92 Å². The molecule has 4 aliphatic rings. The molecular weight excluding hydrogens is 434 g/mol. The number of amides is 1. The van der Waals surface area contributed by atoms with Crippen LogP contribution in [0.5, 0.6) is 0 Å². The normalized spacial score (nSPS) is 22.2. The minimum atomic E-state index is 0.134. The Hall–Kier alpha value is -3.04. The number of fused-ring (bicyclic) bond motifs is 1. The standard InChI is InChI=1S/C24H27N7OS/c32-24(17-5-6-17)26-18-7-9-19(10-8-18)33-30-14-22-25-11-12-31(22)23(15-30)27-21-13-20(28-29-21)16-3-1-2-4-16/h7-13,15-17H,1-6,14H2,(H,26,32)(H2,27,28,29)/p+1. The number of aliphatic imine (C=N–C) groups is 1. The molecule has 9 heteroatoms. The van der Waals surface area contributed by atoms with Gasteiger partial charge in [-0.25, -0.2) is 9.89 Å². The van der Waals surface area contributed by atoms with Crippen LogP contribution in [0.4, 0.5) is 11.5 Å². The first-order chi connectivity index (χ1) is 16.2. The summed E-state index contributed by atoms with van der Waals surface area (Å²) in [6.45, 7) is 0.728. The fourth-order valence-corrected chi connectivity index (χ4v) is 5.49. The molecule has 2 aromatic rings. The maximum atomic E-state index is 12.0. The number of hydrogen-bond donors (Lipinski definition) is 4. The van der Waals surface area contributed by atoms with Crippen molar-refractivity contribution in [3.8, 4) is 0 Å². The molecule has 2 fully saturated rings. The highest BCUT2D eigenvalue weighted by atomic mass is 32.2.